The van der Waals surface area contributed by atoms with E-state index in [1.165, 1.54) is 30.3 Å². The largest absolute Gasteiger partial charge is 0.492 e. The molecule has 10 nitrogen and oxygen atoms in total. The van der Waals surface area contributed by atoms with Gasteiger partial charge in [-0.05, 0) is 12.1 Å². The Morgan fingerprint density at radius 1 is 1.00 bits per heavy atom. The van der Waals surface area contributed by atoms with E-state index in [2.05, 4.69) is 4.98 Å². The van der Waals surface area contributed by atoms with E-state index in [9.17, 15) is 29.6 Å². The quantitative estimate of drug-likeness (QED) is 0.363. The van der Waals surface area contributed by atoms with E-state index in [0.717, 1.165) is 0 Å². The van der Waals surface area contributed by atoms with Crippen LogP contribution in [0.3, 0.4) is 0 Å². The number of anilines is 1. The average molecular weight is 340 g/mol. The van der Waals surface area contributed by atoms with Gasteiger partial charge >= 0.3 is 5.69 Å². The van der Waals surface area contributed by atoms with Gasteiger partial charge in [0.1, 0.15) is 0 Å². The molecule has 0 fully saturated rings. The van der Waals surface area contributed by atoms with Crippen LogP contribution in [0.15, 0.2) is 35.1 Å². The summed E-state index contributed by atoms with van der Waals surface area (Å²) in [5, 5.41) is 21.3. The highest BCUT2D eigenvalue weighted by Gasteiger charge is 2.40. The number of non-ortho nitro benzene ring substituents is 1. The number of aromatic nitrogens is 2. The number of rotatable bonds is 2. The van der Waals surface area contributed by atoms with E-state index in [1.54, 1.807) is 0 Å². The zero-order valence-electron chi connectivity index (χ0n) is 12.3. The summed E-state index contributed by atoms with van der Waals surface area (Å²) < 4.78 is 0. The molecule has 124 valence electrons. The van der Waals surface area contributed by atoms with Crippen molar-refractivity contribution in [3.05, 3.63) is 62.1 Å². The number of imide groups is 1. The van der Waals surface area contributed by atoms with Gasteiger partial charge in [-0.3, -0.25) is 29.7 Å². The molecule has 1 aromatic heterocycles. The number of benzene rings is 2. The monoisotopic (exact) mass is 340 g/mol. The summed E-state index contributed by atoms with van der Waals surface area (Å²) in [6.45, 7) is 0. The number of nitro groups is 1. The molecule has 0 atom stereocenters. The minimum absolute atomic E-state index is 0.0207. The third-order valence-electron chi connectivity index (χ3n) is 4.00. The van der Waals surface area contributed by atoms with Crippen molar-refractivity contribution < 1.29 is 19.6 Å². The zero-order valence-corrected chi connectivity index (χ0v) is 12.3. The number of amides is 2. The molecular weight excluding hydrogens is 332 g/mol. The second-order valence-corrected chi connectivity index (χ2v) is 5.34. The molecule has 0 unspecified atom stereocenters. The smallest absolute Gasteiger partial charge is 0.327 e. The maximum Gasteiger partial charge on any atom is 0.327 e. The maximum absolute atomic E-state index is 12.8. The summed E-state index contributed by atoms with van der Waals surface area (Å²) in [5.74, 6) is -2.58. The number of fused-ring (bicyclic) bond motifs is 3. The number of H-pyrrole nitrogens is 2. The molecule has 4 rings (SSSR count). The van der Waals surface area contributed by atoms with Crippen molar-refractivity contribution >= 4 is 34.1 Å². The van der Waals surface area contributed by atoms with Gasteiger partial charge in [-0.1, -0.05) is 12.1 Å². The Hall–Kier alpha value is -3.95. The first-order chi connectivity index (χ1) is 11.9. The van der Waals surface area contributed by atoms with Gasteiger partial charge in [-0.2, -0.15) is 0 Å². The van der Waals surface area contributed by atoms with E-state index in [-0.39, 0.29) is 33.4 Å². The molecule has 1 aliphatic rings. The molecule has 0 radical (unpaired) electrons. The normalized spacial score (nSPS) is 13.5. The Balaban J connectivity index is 1.99. The molecule has 1 aliphatic heterocycles. The van der Waals surface area contributed by atoms with Crippen molar-refractivity contribution in [3.8, 4) is 5.88 Å². The third kappa shape index (κ3) is 1.87. The van der Waals surface area contributed by atoms with Gasteiger partial charge in [0, 0.05) is 11.5 Å². The molecule has 2 amide bonds. The number of carbonyl (C=O) groups is 2. The zero-order chi connectivity index (χ0) is 17.9. The lowest BCUT2D eigenvalue weighted by atomic mass is 9.99. The van der Waals surface area contributed by atoms with E-state index >= 15 is 0 Å². The fourth-order valence-electron chi connectivity index (χ4n) is 2.96. The molecule has 25 heavy (non-hydrogen) atoms. The molecule has 0 spiro atoms. The molecular formula is C15H8N4O6. The third-order valence-corrected chi connectivity index (χ3v) is 4.00. The predicted molar refractivity (Wildman–Crippen MR) is 84.8 cm³/mol. The van der Waals surface area contributed by atoms with Crippen molar-refractivity contribution in [1.82, 2.24) is 9.97 Å². The van der Waals surface area contributed by atoms with Gasteiger partial charge < -0.3 is 5.11 Å². The number of hydrogen-bond donors (Lipinski definition) is 3. The Morgan fingerprint density at radius 2 is 1.76 bits per heavy atom. The van der Waals surface area contributed by atoms with Gasteiger partial charge in [0.05, 0.1) is 21.4 Å². The molecule has 3 N–H and O–H groups in total. The van der Waals surface area contributed by atoms with Crippen LogP contribution in [0.1, 0.15) is 20.7 Å². The molecule has 2 heterocycles. The summed E-state index contributed by atoms with van der Waals surface area (Å²) in [6, 6.07) is 6.91. The van der Waals surface area contributed by atoms with Crippen LogP contribution >= 0.6 is 0 Å². The van der Waals surface area contributed by atoms with Gasteiger partial charge in [0.25, 0.3) is 17.5 Å². The number of nitrogens with one attached hydrogen (secondary N) is 2. The molecule has 2 aromatic carbocycles. The topological polar surface area (TPSA) is 149 Å². The highest BCUT2D eigenvalue weighted by Crippen LogP contribution is 2.37. The van der Waals surface area contributed by atoms with Crippen LogP contribution in [-0.2, 0) is 0 Å². The second kappa shape index (κ2) is 4.77. The fourth-order valence-corrected chi connectivity index (χ4v) is 2.96. The summed E-state index contributed by atoms with van der Waals surface area (Å²) >= 11 is 0. The van der Waals surface area contributed by atoms with E-state index < -0.39 is 28.3 Å². The molecule has 0 saturated heterocycles. The van der Waals surface area contributed by atoms with E-state index in [0.29, 0.717) is 4.90 Å². The van der Waals surface area contributed by atoms with E-state index in [4.69, 9.17) is 0 Å². The number of imidazole rings is 1. The van der Waals surface area contributed by atoms with Crippen molar-refractivity contribution in [2.75, 3.05) is 4.90 Å². The van der Waals surface area contributed by atoms with Crippen molar-refractivity contribution in [2.45, 2.75) is 0 Å². The van der Waals surface area contributed by atoms with Crippen LogP contribution in [0, 0.1) is 10.1 Å². The molecule has 0 saturated carbocycles. The van der Waals surface area contributed by atoms with Crippen LogP contribution in [0.4, 0.5) is 11.5 Å². The van der Waals surface area contributed by atoms with Crippen molar-refractivity contribution in [1.29, 1.82) is 0 Å². The minimum Gasteiger partial charge on any atom is -0.492 e. The minimum atomic E-state index is -0.795. The number of nitrogens with zero attached hydrogens (tertiary/aromatic N) is 2. The second-order valence-electron chi connectivity index (χ2n) is 5.34. The SMILES string of the molecule is O=C1c2ccc3c([N+](=O)[O-])cccc3c2C(=O)N1c1[nH]c(=O)[nH]c1O. The first-order valence-electron chi connectivity index (χ1n) is 7.00. The van der Waals surface area contributed by atoms with E-state index in [1.807, 2.05) is 4.98 Å². The van der Waals surface area contributed by atoms with Crippen LogP contribution in [-0.4, -0.2) is 31.8 Å². The van der Waals surface area contributed by atoms with Crippen LogP contribution in [0.25, 0.3) is 10.8 Å². The van der Waals surface area contributed by atoms with Crippen molar-refractivity contribution in [3.63, 3.8) is 0 Å². The summed E-state index contributed by atoms with van der Waals surface area (Å²) in [5.41, 5.74) is -0.978. The van der Waals surface area contributed by atoms with Crippen LogP contribution in [0.2, 0.25) is 0 Å². The van der Waals surface area contributed by atoms with Gasteiger partial charge in [-0.25, -0.2) is 9.69 Å². The number of aromatic hydroxyl groups is 1. The molecule has 0 aliphatic carbocycles. The Kier molecular flexibility index (Phi) is 2.79. The molecule has 10 heteroatoms. The van der Waals surface area contributed by atoms with Gasteiger partial charge in [-0.15, -0.1) is 0 Å². The molecule has 0 bridgehead atoms. The summed E-state index contributed by atoms with van der Waals surface area (Å²) in [7, 11) is 0. The lowest BCUT2D eigenvalue weighted by Gasteiger charge is -2.10. The first kappa shape index (κ1) is 14.6. The number of carbonyl (C=O) groups excluding carboxylic acids is 2. The molecule has 3 aromatic rings. The van der Waals surface area contributed by atoms with Gasteiger partial charge in [0.2, 0.25) is 5.88 Å². The summed E-state index contributed by atoms with van der Waals surface area (Å²) in [6.07, 6.45) is 0. The highest BCUT2D eigenvalue weighted by atomic mass is 16.6. The van der Waals surface area contributed by atoms with Crippen LogP contribution in [0.5, 0.6) is 5.88 Å². The first-order valence-corrected chi connectivity index (χ1v) is 7.00. The fraction of sp³-hybridized carbons (Fsp3) is 0. The van der Waals surface area contributed by atoms with Crippen molar-refractivity contribution in [2.24, 2.45) is 0 Å². The Bertz CT molecular complexity index is 1160. The maximum atomic E-state index is 12.8. The summed E-state index contributed by atoms with van der Waals surface area (Å²) in [4.78, 5) is 52.0. The predicted octanol–water partition coefficient (Wildman–Crippen LogP) is 1.27. The number of hydrogen-bond acceptors (Lipinski definition) is 6. The number of nitro benzene ring substituents is 1. The Morgan fingerprint density at radius 3 is 2.40 bits per heavy atom. The average Bonchev–Trinajstić information content (AvgIpc) is 3.03. The Labute approximate surface area is 137 Å². The number of aromatic amines is 2. The lowest BCUT2D eigenvalue weighted by molar-refractivity contribution is -0.383. The van der Waals surface area contributed by atoms with Crippen LogP contribution < -0.4 is 10.6 Å². The lowest BCUT2D eigenvalue weighted by Crippen LogP contribution is -2.30. The van der Waals surface area contributed by atoms with Gasteiger partial charge in [0.15, 0.2) is 5.82 Å². The highest BCUT2D eigenvalue weighted by molar-refractivity contribution is 6.37. The standard InChI is InChI=1S/C15H8N4O6/c20-12-11(16-15(23)17-12)18-13(21)8-5-4-6-7(10(8)14(18)22)2-1-3-9(6)19(24)25/h1-5,20H,(H2,16,17,23).